The zero-order valence-electron chi connectivity index (χ0n) is 9.96. The molecule has 1 heterocycles. The summed E-state index contributed by atoms with van der Waals surface area (Å²) in [6.45, 7) is 1.99. The zero-order chi connectivity index (χ0) is 12.7. The number of phenolic OH excluding ortho intramolecular Hbond substituents is 1. The van der Waals surface area contributed by atoms with Gasteiger partial charge in [-0.25, -0.2) is 4.98 Å². The van der Waals surface area contributed by atoms with Gasteiger partial charge in [-0.1, -0.05) is 24.3 Å². The Morgan fingerprint density at radius 3 is 2.67 bits per heavy atom. The number of aromatic hydroxyl groups is 1. The number of imidazole rings is 1. The van der Waals surface area contributed by atoms with E-state index in [1.165, 1.54) is 0 Å². The molecule has 0 aliphatic heterocycles. The number of nitrogen functional groups attached to an aromatic ring is 1. The third kappa shape index (κ3) is 1.43. The minimum Gasteiger partial charge on any atom is -0.506 e. The van der Waals surface area contributed by atoms with E-state index >= 15 is 0 Å². The lowest BCUT2D eigenvalue weighted by molar-refractivity contribution is 0.473. The largest absolute Gasteiger partial charge is 0.506 e. The second kappa shape index (κ2) is 3.77. The lowest BCUT2D eigenvalue weighted by Gasteiger charge is -2.08. The quantitative estimate of drug-likeness (QED) is 0.686. The summed E-state index contributed by atoms with van der Waals surface area (Å²) in [5.74, 6) is 0.561. The van der Waals surface area contributed by atoms with Crippen molar-refractivity contribution in [3.8, 4) is 11.4 Å². The maximum Gasteiger partial charge on any atom is 0.206 e. The van der Waals surface area contributed by atoms with Crippen LogP contribution >= 0.6 is 0 Å². The average molecular weight is 239 g/mol. The van der Waals surface area contributed by atoms with Gasteiger partial charge in [0.05, 0.1) is 16.7 Å². The van der Waals surface area contributed by atoms with Gasteiger partial charge >= 0.3 is 0 Å². The number of nitrogens with two attached hydrogens (primary N) is 1. The van der Waals surface area contributed by atoms with Crippen LogP contribution in [0.3, 0.4) is 0 Å². The van der Waals surface area contributed by atoms with Crippen molar-refractivity contribution < 1.29 is 5.11 Å². The van der Waals surface area contributed by atoms with Crippen LogP contribution in [-0.2, 0) is 0 Å². The standard InChI is InChI=1S/C14H13N3O/c1-9-5-4-7-11-13(9)16-14(15)17(11)10-6-2-3-8-12(10)18/h2-8,18H,1H3,(H2,15,16). The number of anilines is 1. The van der Waals surface area contributed by atoms with Gasteiger partial charge in [-0.3, -0.25) is 4.57 Å². The van der Waals surface area contributed by atoms with E-state index in [9.17, 15) is 5.11 Å². The molecule has 0 bridgehead atoms. The van der Waals surface area contributed by atoms with Gasteiger partial charge in [-0.2, -0.15) is 0 Å². The predicted octanol–water partition coefficient (Wildman–Crippen LogP) is 2.62. The highest BCUT2D eigenvalue weighted by Crippen LogP contribution is 2.29. The zero-order valence-corrected chi connectivity index (χ0v) is 9.96. The van der Waals surface area contributed by atoms with Crippen molar-refractivity contribution in [3.63, 3.8) is 0 Å². The summed E-state index contributed by atoms with van der Waals surface area (Å²) >= 11 is 0. The molecule has 90 valence electrons. The summed E-state index contributed by atoms with van der Waals surface area (Å²) in [5, 5.41) is 9.93. The van der Waals surface area contributed by atoms with Crippen molar-refractivity contribution in [2.24, 2.45) is 0 Å². The van der Waals surface area contributed by atoms with Crippen LogP contribution in [0, 0.1) is 6.92 Å². The molecule has 0 aliphatic rings. The van der Waals surface area contributed by atoms with Crippen molar-refractivity contribution in [1.29, 1.82) is 0 Å². The molecule has 3 aromatic rings. The molecular weight excluding hydrogens is 226 g/mol. The van der Waals surface area contributed by atoms with Gasteiger partial charge in [-0.15, -0.1) is 0 Å². The Labute approximate surface area is 104 Å². The van der Waals surface area contributed by atoms with Gasteiger partial charge in [0.15, 0.2) is 0 Å². The number of rotatable bonds is 1. The molecule has 0 amide bonds. The van der Waals surface area contributed by atoms with E-state index < -0.39 is 0 Å². The molecular formula is C14H13N3O. The van der Waals surface area contributed by atoms with E-state index in [-0.39, 0.29) is 5.75 Å². The molecule has 1 aromatic heterocycles. The van der Waals surface area contributed by atoms with Crippen molar-refractivity contribution in [3.05, 3.63) is 48.0 Å². The van der Waals surface area contributed by atoms with Crippen LogP contribution in [0.1, 0.15) is 5.56 Å². The monoisotopic (exact) mass is 239 g/mol. The van der Waals surface area contributed by atoms with Crippen LogP contribution in [0.15, 0.2) is 42.5 Å². The van der Waals surface area contributed by atoms with E-state index in [1.54, 1.807) is 16.7 Å². The summed E-state index contributed by atoms with van der Waals surface area (Å²) < 4.78 is 1.76. The Kier molecular flexibility index (Phi) is 2.23. The molecule has 0 saturated carbocycles. The molecule has 3 N–H and O–H groups in total. The van der Waals surface area contributed by atoms with Crippen LogP contribution in [0.25, 0.3) is 16.7 Å². The first-order valence-corrected chi connectivity index (χ1v) is 5.70. The van der Waals surface area contributed by atoms with Crippen molar-refractivity contribution in [2.75, 3.05) is 5.73 Å². The molecule has 4 nitrogen and oxygen atoms in total. The topological polar surface area (TPSA) is 64.1 Å². The van der Waals surface area contributed by atoms with Gasteiger partial charge in [0.25, 0.3) is 0 Å². The fourth-order valence-electron chi connectivity index (χ4n) is 2.16. The normalized spacial score (nSPS) is 10.9. The first-order chi connectivity index (χ1) is 8.68. The summed E-state index contributed by atoms with van der Waals surface area (Å²) in [5.41, 5.74) is 9.43. The van der Waals surface area contributed by atoms with E-state index in [1.807, 2.05) is 37.3 Å². The van der Waals surface area contributed by atoms with Gasteiger partial charge in [-0.05, 0) is 30.7 Å². The van der Waals surface area contributed by atoms with Crippen LogP contribution < -0.4 is 5.73 Å². The van der Waals surface area contributed by atoms with Gasteiger partial charge in [0.1, 0.15) is 5.75 Å². The highest BCUT2D eigenvalue weighted by Gasteiger charge is 2.13. The number of benzene rings is 2. The minimum absolute atomic E-state index is 0.185. The highest BCUT2D eigenvalue weighted by atomic mass is 16.3. The average Bonchev–Trinajstić information content (AvgIpc) is 2.68. The van der Waals surface area contributed by atoms with E-state index in [4.69, 9.17) is 5.73 Å². The van der Waals surface area contributed by atoms with Gasteiger partial charge < -0.3 is 10.8 Å². The number of hydrogen-bond donors (Lipinski definition) is 2. The smallest absolute Gasteiger partial charge is 0.206 e. The number of hydrogen-bond acceptors (Lipinski definition) is 3. The Balaban J connectivity index is 2.40. The lowest BCUT2D eigenvalue weighted by atomic mass is 10.2. The summed E-state index contributed by atoms with van der Waals surface area (Å²) in [6, 6.07) is 13.0. The molecule has 0 spiro atoms. The summed E-state index contributed by atoms with van der Waals surface area (Å²) in [6.07, 6.45) is 0. The number of aryl methyl sites for hydroxylation is 1. The third-order valence-electron chi connectivity index (χ3n) is 3.04. The second-order valence-electron chi connectivity index (χ2n) is 4.24. The van der Waals surface area contributed by atoms with E-state index in [0.717, 1.165) is 16.6 Å². The maximum absolute atomic E-state index is 9.93. The van der Waals surface area contributed by atoms with Crippen LogP contribution in [0.5, 0.6) is 5.75 Å². The molecule has 0 atom stereocenters. The first kappa shape index (κ1) is 10.7. The predicted molar refractivity (Wildman–Crippen MR) is 71.9 cm³/mol. The Hall–Kier alpha value is -2.49. The molecule has 0 aliphatic carbocycles. The van der Waals surface area contributed by atoms with Gasteiger partial charge in [0.2, 0.25) is 5.95 Å². The summed E-state index contributed by atoms with van der Waals surface area (Å²) in [7, 11) is 0. The summed E-state index contributed by atoms with van der Waals surface area (Å²) in [4.78, 5) is 4.36. The molecule has 0 saturated heterocycles. The minimum atomic E-state index is 0.185. The fraction of sp³-hybridized carbons (Fsp3) is 0.0714. The maximum atomic E-state index is 9.93. The highest BCUT2D eigenvalue weighted by molar-refractivity contribution is 5.84. The fourth-order valence-corrected chi connectivity index (χ4v) is 2.16. The SMILES string of the molecule is Cc1cccc2c1nc(N)n2-c1ccccc1O. The van der Waals surface area contributed by atoms with Crippen molar-refractivity contribution in [1.82, 2.24) is 9.55 Å². The van der Waals surface area contributed by atoms with Crippen molar-refractivity contribution in [2.45, 2.75) is 6.92 Å². The molecule has 18 heavy (non-hydrogen) atoms. The Morgan fingerprint density at radius 2 is 1.89 bits per heavy atom. The van der Waals surface area contributed by atoms with E-state index in [0.29, 0.717) is 11.6 Å². The van der Waals surface area contributed by atoms with Crippen LogP contribution in [-0.4, -0.2) is 14.7 Å². The van der Waals surface area contributed by atoms with Crippen LogP contribution in [0.4, 0.5) is 5.95 Å². The first-order valence-electron chi connectivity index (χ1n) is 5.70. The number of nitrogens with zero attached hydrogens (tertiary/aromatic N) is 2. The molecule has 0 radical (unpaired) electrons. The van der Waals surface area contributed by atoms with E-state index in [2.05, 4.69) is 4.98 Å². The number of para-hydroxylation sites is 3. The van der Waals surface area contributed by atoms with Gasteiger partial charge in [0, 0.05) is 0 Å². The second-order valence-corrected chi connectivity index (χ2v) is 4.24. The lowest BCUT2D eigenvalue weighted by Crippen LogP contribution is -2.00. The third-order valence-corrected chi connectivity index (χ3v) is 3.04. The van der Waals surface area contributed by atoms with Crippen LogP contribution in [0.2, 0.25) is 0 Å². The molecule has 0 fully saturated rings. The molecule has 0 unspecified atom stereocenters. The number of phenols is 1. The number of aromatic nitrogens is 2. The number of fused-ring (bicyclic) bond motifs is 1. The van der Waals surface area contributed by atoms with Crippen molar-refractivity contribution >= 4 is 17.0 Å². The molecule has 3 rings (SSSR count). The Bertz CT molecular complexity index is 731. The Morgan fingerprint density at radius 1 is 1.11 bits per heavy atom. The molecule has 2 aromatic carbocycles. The molecule has 4 heteroatoms.